The first-order valence-electron chi connectivity index (χ1n) is 4.98. The summed E-state index contributed by atoms with van der Waals surface area (Å²) in [6.07, 6.45) is 1.56. The standard InChI is InChI=1S/C12H12N2O2/c1-8(13-7-15)11-5-9-3-4-10(16-2)6-12(9)14-11/h3-6,8,14H,1-2H3. The van der Waals surface area contributed by atoms with Crippen LogP contribution >= 0.6 is 0 Å². The molecule has 0 spiro atoms. The van der Waals surface area contributed by atoms with Crippen LogP contribution in [0.25, 0.3) is 10.9 Å². The number of aromatic nitrogens is 1. The van der Waals surface area contributed by atoms with Crippen molar-refractivity contribution in [3.05, 3.63) is 30.0 Å². The van der Waals surface area contributed by atoms with Gasteiger partial charge in [0.2, 0.25) is 6.08 Å². The van der Waals surface area contributed by atoms with Crippen molar-refractivity contribution in [2.75, 3.05) is 7.11 Å². The number of nitrogens with one attached hydrogen (secondary N) is 1. The van der Waals surface area contributed by atoms with Gasteiger partial charge in [-0.05, 0) is 30.5 Å². The third-order valence-corrected chi connectivity index (χ3v) is 2.55. The average Bonchev–Trinajstić information content (AvgIpc) is 2.71. The fraction of sp³-hybridized carbons (Fsp3) is 0.250. The highest BCUT2D eigenvalue weighted by Gasteiger charge is 2.07. The minimum atomic E-state index is -0.198. The smallest absolute Gasteiger partial charge is 0.235 e. The van der Waals surface area contributed by atoms with Crippen molar-refractivity contribution in [1.82, 2.24) is 4.98 Å². The molecule has 0 saturated heterocycles. The molecule has 0 saturated carbocycles. The van der Waals surface area contributed by atoms with Crippen LogP contribution in [0.2, 0.25) is 0 Å². The number of nitrogens with zero attached hydrogens (tertiary/aromatic N) is 1. The fourth-order valence-electron chi connectivity index (χ4n) is 1.63. The third-order valence-electron chi connectivity index (χ3n) is 2.55. The van der Waals surface area contributed by atoms with Crippen molar-refractivity contribution in [1.29, 1.82) is 0 Å². The van der Waals surface area contributed by atoms with Gasteiger partial charge in [0.15, 0.2) is 0 Å². The average molecular weight is 216 g/mol. The predicted molar refractivity (Wildman–Crippen MR) is 61.4 cm³/mol. The number of hydrogen-bond acceptors (Lipinski definition) is 3. The van der Waals surface area contributed by atoms with E-state index in [4.69, 9.17) is 4.74 Å². The highest BCUT2D eigenvalue weighted by Crippen LogP contribution is 2.24. The Morgan fingerprint density at radius 2 is 2.25 bits per heavy atom. The topological polar surface area (TPSA) is 54.4 Å². The molecule has 0 amide bonds. The number of fused-ring (bicyclic) bond motifs is 1. The Morgan fingerprint density at radius 1 is 1.44 bits per heavy atom. The highest BCUT2D eigenvalue weighted by atomic mass is 16.5. The van der Waals surface area contributed by atoms with Crippen LogP contribution in [-0.2, 0) is 4.79 Å². The molecule has 2 rings (SSSR count). The molecule has 1 heterocycles. The van der Waals surface area contributed by atoms with Gasteiger partial charge in [0.25, 0.3) is 0 Å². The van der Waals surface area contributed by atoms with E-state index in [0.717, 1.165) is 22.3 Å². The molecular formula is C12H12N2O2. The van der Waals surface area contributed by atoms with Crippen molar-refractivity contribution < 1.29 is 9.53 Å². The van der Waals surface area contributed by atoms with Crippen LogP contribution in [-0.4, -0.2) is 18.2 Å². The van der Waals surface area contributed by atoms with Gasteiger partial charge in [-0.2, -0.15) is 4.99 Å². The lowest BCUT2D eigenvalue weighted by molar-refractivity contribution is 0.415. The van der Waals surface area contributed by atoms with Gasteiger partial charge in [0.05, 0.1) is 13.2 Å². The Kier molecular flexibility index (Phi) is 2.75. The highest BCUT2D eigenvalue weighted by molar-refractivity contribution is 5.82. The molecule has 4 heteroatoms. The Hall–Kier alpha value is -2.06. The van der Waals surface area contributed by atoms with Crippen molar-refractivity contribution in [2.45, 2.75) is 13.0 Å². The molecule has 1 aromatic carbocycles. The summed E-state index contributed by atoms with van der Waals surface area (Å²) in [4.78, 5) is 17.0. The number of aliphatic imine (C=N–C) groups is 1. The molecule has 4 nitrogen and oxygen atoms in total. The SMILES string of the molecule is COc1ccc2cc(C(C)N=C=O)[nH]c2c1. The third kappa shape index (κ3) is 1.83. The van der Waals surface area contributed by atoms with Gasteiger partial charge in [-0.15, -0.1) is 0 Å². The Bertz CT molecular complexity index is 553. The molecule has 0 radical (unpaired) electrons. The van der Waals surface area contributed by atoms with E-state index in [-0.39, 0.29) is 6.04 Å². The van der Waals surface area contributed by atoms with Crippen LogP contribution in [0.3, 0.4) is 0 Å². The summed E-state index contributed by atoms with van der Waals surface area (Å²) in [6.45, 7) is 1.84. The molecule has 0 fully saturated rings. The maximum atomic E-state index is 10.2. The predicted octanol–water partition coefficient (Wildman–Crippen LogP) is 2.57. The molecule has 0 aliphatic heterocycles. The first kappa shape index (κ1) is 10.5. The summed E-state index contributed by atoms with van der Waals surface area (Å²) in [5, 5.41) is 1.07. The number of methoxy groups -OCH3 is 1. The number of hydrogen-bond donors (Lipinski definition) is 1. The van der Waals surface area contributed by atoms with Crippen molar-refractivity contribution >= 4 is 17.0 Å². The molecule has 82 valence electrons. The summed E-state index contributed by atoms with van der Waals surface area (Å²) in [6, 6.07) is 7.55. The van der Waals surface area contributed by atoms with Gasteiger partial charge < -0.3 is 9.72 Å². The maximum Gasteiger partial charge on any atom is 0.235 e. The molecule has 16 heavy (non-hydrogen) atoms. The second-order valence-corrected chi connectivity index (χ2v) is 3.57. The number of H-pyrrole nitrogens is 1. The largest absolute Gasteiger partial charge is 0.497 e. The van der Waals surface area contributed by atoms with E-state index in [1.165, 1.54) is 0 Å². The zero-order valence-electron chi connectivity index (χ0n) is 9.15. The van der Waals surface area contributed by atoms with E-state index in [1.807, 2.05) is 31.2 Å². The maximum absolute atomic E-state index is 10.2. The number of aromatic amines is 1. The van der Waals surface area contributed by atoms with Crippen LogP contribution in [0, 0.1) is 0 Å². The number of carbonyl (C=O) groups excluding carboxylic acids is 1. The number of benzene rings is 1. The number of ether oxygens (including phenoxy) is 1. The number of rotatable bonds is 3. The van der Waals surface area contributed by atoms with E-state index < -0.39 is 0 Å². The molecule has 1 aromatic heterocycles. The van der Waals surface area contributed by atoms with Crippen molar-refractivity contribution in [3.63, 3.8) is 0 Å². The summed E-state index contributed by atoms with van der Waals surface area (Å²) in [7, 11) is 1.63. The molecule has 0 aliphatic carbocycles. The Morgan fingerprint density at radius 3 is 2.94 bits per heavy atom. The first-order valence-corrected chi connectivity index (χ1v) is 4.98. The summed E-state index contributed by atoms with van der Waals surface area (Å²) in [5.41, 5.74) is 1.87. The first-order chi connectivity index (χ1) is 7.74. The van der Waals surface area contributed by atoms with Gasteiger partial charge in [-0.3, -0.25) is 0 Å². The molecule has 0 bridgehead atoms. The molecule has 1 atom stereocenters. The molecule has 2 aromatic rings. The van der Waals surface area contributed by atoms with E-state index in [9.17, 15) is 4.79 Å². The Labute approximate surface area is 93.0 Å². The minimum absolute atomic E-state index is 0.198. The van der Waals surface area contributed by atoms with E-state index in [1.54, 1.807) is 13.2 Å². The van der Waals surface area contributed by atoms with E-state index >= 15 is 0 Å². The van der Waals surface area contributed by atoms with Crippen LogP contribution < -0.4 is 4.74 Å². The van der Waals surface area contributed by atoms with E-state index in [2.05, 4.69) is 9.98 Å². The van der Waals surface area contributed by atoms with E-state index in [0.29, 0.717) is 0 Å². The summed E-state index contributed by atoms with van der Waals surface area (Å²) in [5.74, 6) is 0.799. The lowest BCUT2D eigenvalue weighted by atomic mass is 10.2. The zero-order valence-corrected chi connectivity index (χ0v) is 9.15. The fourth-order valence-corrected chi connectivity index (χ4v) is 1.63. The van der Waals surface area contributed by atoms with Gasteiger partial charge in [0.1, 0.15) is 5.75 Å². The van der Waals surface area contributed by atoms with Gasteiger partial charge >= 0.3 is 0 Å². The Balaban J connectivity index is 2.47. The zero-order chi connectivity index (χ0) is 11.5. The lowest BCUT2D eigenvalue weighted by Gasteiger charge is -1.99. The van der Waals surface area contributed by atoms with Crippen molar-refractivity contribution in [3.8, 4) is 5.75 Å². The van der Waals surface area contributed by atoms with Crippen LogP contribution in [0.1, 0.15) is 18.7 Å². The second-order valence-electron chi connectivity index (χ2n) is 3.57. The molecule has 1 unspecified atom stereocenters. The second kappa shape index (κ2) is 4.21. The van der Waals surface area contributed by atoms with Gasteiger partial charge in [0, 0.05) is 17.3 Å². The minimum Gasteiger partial charge on any atom is -0.497 e. The monoisotopic (exact) mass is 216 g/mol. The molecular weight excluding hydrogens is 204 g/mol. The molecule has 1 N–H and O–H groups in total. The summed E-state index contributed by atoms with van der Waals surface area (Å²) >= 11 is 0. The molecule has 0 aliphatic rings. The van der Waals surface area contributed by atoms with Crippen LogP contribution in [0.5, 0.6) is 5.75 Å². The number of isocyanates is 1. The van der Waals surface area contributed by atoms with Crippen LogP contribution in [0.15, 0.2) is 29.3 Å². The van der Waals surface area contributed by atoms with Crippen molar-refractivity contribution in [2.24, 2.45) is 4.99 Å². The van der Waals surface area contributed by atoms with Gasteiger partial charge in [-0.25, -0.2) is 4.79 Å². The summed E-state index contributed by atoms with van der Waals surface area (Å²) < 4.78 is 5.13. The normalized spacial score (nSPS) is 12.1. The van der Waals surface area contributed by atoms with Crippen LogP contribution in [0.4, 0.5) is 0 Å². The lowest BCUT2D eigenvalue weighted by Crippen LogP contribution is -1.88. The van der Waals surface area contributed by atoms with Gasteiger partial charge in [-0.1, -0.05) is 0 Å². The quantitative estimate of drug-likeness (QED) is 0.633.